The zero-order chi connectivity index (χ0) is 15.8. The molecular weight excluding hydrogens is 292 g/mol. The van der Waals surface area contributed by atoms with Crippen LogP contribution in [-0.4, -0.2) is 37.3 Å². The van der Waals surface area contributed by atoms with Gasteiger partial charge in [0.05, 0.1) is 18.1 Å². The van der Waals surface area contributed by atoms with Crippen LogP contribution in [-0.2, 0) is 6.54 Å². The third kappa shape index (κ3) is 2.48. The van der Waals surface area contributed by atoms with E-state index < -0.39 is 0 Å². The highest BCUT2D eigenvalue weighted by Gasteiger charge is 2.28. The maximum atomic E-state index is 11.9. The van der Waals surface area contributed by atoms with Gasteiger partial charge in [-0.2, -0.15) is 5.10 Å². The summed E-state index contributed by atoms with van der Waals surface area (Å²) in [5, 5.41) is 4.17. The highest BCUT2D eigenvalue weighted by atomic mass is 16.1. The largest absolute Gasteiger partial charge is 0.354 e. The van der Waals surface area contributed by atoms with E-state index in [9.17, 15) is 4.79 Å². The third-order valence-corrected chi connectivity index (χ3v) is 4.35. The number of anilines is 1. The lowest BCUT2D eigenvalue weighted by molar-refractivity contribution is 0.487. The van der Waals surface area contributed by atoms with Gasteiger partial charge in [0.25, 0.3) is 5.56 Å². The van der Waals surface area contributed by atoms with Crippen molar-refractivity contribution < 1.29 is 0 Å². The number of aromatic nitrogens is 5. The molecule has 23 heavy (non-hydrogen) atoms. The summed E-state index contributed by atoms with van der Waals surface area (Å²) in [5.74, 6) is 0.912. The van der Waals surface area contributed by atoms with E-state index in [2.05, 4.69) is 25.0 Å². The summed E-state index contributed by atoms with van der Waals surface area (Å²) in [6, 6.07) is 5.45. The molecule has 1 unspecified atom stereocenters. The van der Waals surface area contributed by atoms with Crippen LogP contribution in [0.15, 0.2) is 35.5 Å². The minimum absolute atomic E-state index is 0.0668. The number of nitrogens with one attached hydrogen (secondary N) is 1. The van der Waals surface area contributed by atoms with E-state index in [1.165, 1.54) is 4.68 Å². The van der Waals surface area contributed by atoms with Gasteiger partial charge >= 0.3 is 0 Å². The Morgan fingerprint density at radius 2 is 2.30 bits per heavy atom. The number of nitrogens with zero attached hydrogens (tertiary/aromatic N) is 5. The summed E-state index contributed by atoms with van der Waals surface area (Å²) in [5.41, 5.74) is 2.89. The molecule has 7 heteroatoms. The van der Waals surface area contributed by atoms with Crippen molar-refractivity contribution in [1.29, 1.82) is 0 Å². The normalized spacial score (nSPS) is 18.0. The molecule has 7 nitrogen and oxygen atoms in total. The molecule has 0 radical (unpaired) electrons. The van der Waals surface area contributed by atoms with E-state index in [4.69, 9.17) is 0 Å². The lowest BCUT2D eigenvalue weighted by Gasteiger charge is -2.26. The predicted molar refractivity (Wildman–Crippen MR) is 87.5 cm³/mol. The molecule has 1 saturated heterocycles. The van der Waals surface area contributed by atoms with Gasteiger partial charge in [0.15, 0.2) is 5.82 Å². The van der Waals surface area contributed by atoms with E-state index in [-0.39, 0.29) is 11.6 Å². The van der Waals surface area contributed by atoms with Crippen LogP contribution >= 0.6 is 0 Å². The summed E-state index contributed by atoms with van der Waals surface area (Å²) < 4.78 is 1.53. The average Bonchev–Trinajstić information content (AvgIpc) is 3.14. The molecule has 4 rings (SSSR count). The van der Waals surface area contributed by atoms with E-state index in [1.807, 2.05) is 13.0 Å². The van der Waals surface area contributed by atoms with Crippen LogP contribution in [0.1, 0.15) is 18.5 Å². The molecule has 0 aromatic carbocycles. The lowest BCUT2D eigenvalue weighted by atomic mass is 10.2. The number of aromatic amines is 1. The molecule has 1 fully saturated rings. The Labute approximate surface area is 133 Å². The predicted octanol–water partition coefficient (Wildman–Crippen LogP) is 1.49. The van der Waals surface area contributed by atoms with Crippen molar-refractivity contribution in [2.45, 2.75) is 32.4 Å². The molecule has 0 amide bonds. The van der Waals surface area contributed by atoms with Gasteiger partial charge in [0, 0.05) is 24.5 Å². The Bertz CT molecular complexity index is 899. The minimum Gasteiger partial charge on any atom is -0.354 e. The van der Waals surface area contributed by atoms with Crippen LogP contribution < -0.4 is 10.5 Å². The molecule has 0 spiro atoms. The first-order chi connectivity index (χ1) is 11.2. The van der Waals surface area contributed by atoms with Crippen molar-refractivity contribution in [3.8, 4) is 0 Å². The van der Waals surface area contributed by atoms with E-state index >= 15 is 0 Å². The van der Waals surface area contributed by atoms with Gasteiger partial charge in [-0.25, -0.2) is 14.6 Å². The van der Waals surface area contributed by atoms with Crippen LogP contribution in [0.3, 0.4) is 0 Å². The summed E-state index contributed by atoms with van der Waals surface area (Å²) in [4.78, 5) is 26.3. The van der Waals surface area contributed by atoms with Crippen molar-refractivity contribution in [3.05, 3.63) is 46.8 Å². The second-order valence-corrected chi connectivity index (χ2v) is 5.94. The lowest BCUT2D eigenvalue weighted by Crippen LogP contribution is -2.37. The number of rotatable bonds is 3. The highest BCUT2D eigenvalue weighted by Crippen LogP contribution is 2.29. The molecule has 3 aromatic rings. The number of aryl methyl sites for hydroxylation is 1. The molecule has 1 N–H and O–H groups in total. The average molecular weight is 310 g/mol. The van der Waals surface area contributed by atoms with Gasteiger partial charge in [-0.3, -0.25) is 4.79 Å². The van der Waals surface area contributed by atoms with E-state index in [1.54, 1.807) is 24.7 Å². The Morgan fingerprint density at radius 3 is 3.17 bits per heavy atom. The molecule has 3 aromatic heterocycles. The van der Waals surface area contributed by atoms with Crippen molar-refractivity contribution in [2.75, 3.05) is 11.4 Å². The molecule has 1 aliphatic rings. The molecular formula is C16H18N6O. The van der Waals surface area contributed by atoms with E-state index in [0.717, 1.165) is 41.9 Å². The fraction of sp³-hybridized carbons (Fsp3) is 0.375. The van der Waals surface area contributed by atoms with Gasteiger partial charge in [0.1, 0.15) is 11.8 Å². The standard InChI is InChI=1S/C16H18N6O/c1-11-8-13-15(20-11)16(18-10-17-13)21-7-3-4-12(21)9-22-14(23)5-2-6-19-22/h2,5-6,8,10,12,20H,3-4,7,9H2,1H3. The van der Waals surface area contributed by atoms with Gasteiger partial charge in [0.2, 0.25) is 0 Å². The van der Waals surface area contributed by atoms with Crippen LogP contribution in [0.5, 0.6) is 0 Å². The zero-order valence-electron chi connectivity index (χ0n) is 12.9. The first-order valence-electron chi connectivity index (χ1n) is 7.81. The Hall–Kier alpha value is -2.70. The molecule has 0 aliphatic carbocycles. The number of fused-ring (bicyclic) bond motifs is 1. The molecule has 1 atom stereocenters. The first kappa shape index (κ1) is 13.9. The Balaban J connectivity index is 1.70. The summed E-state index contributed by atoms with van der Waals surface area (Å²) in [7, 11) is 0. The second-order valence-electron chi connectivity index (χ2n) is 5.94. The monoisotopic (exact) mass is 310 g/mol. The van der Waals surface area contributed by atoms with Gasteiger partial charge in [-0.15, -0.1) is 0 Å². The van der Waals surface area contributed by atoms with Gasteiger partial charge in [-0.05, 0) is 31.9 Å². The summed E-state index contributed by atoms with van der Waals surface area (Å²) in [6.45, 7) is 3.52. The fourth-order valence-corrected chi connectivity index (χ4v) is 3.30. The zero-order valence-corrected chi connectivity index (χ0v) is 12.9. The van der Waals surface area contributed by atoms with Crippen LogP contribution in [0, 0.1) is 6.92 Å². The molecule has 0 bridgehead atoms. The highest BCUT2D eigenvalue weighted by molar-refractivity contribution is 5.87. The minimum atomic E-state index is -0.0668. The Kier molecular flexibility index (Phi) is 3.33. The topological polar surface area (TPSA) is 79.7 Å². The first-order valence-corrected chi connectivity index (χ1v) is 7.81. The van der Waals surface area contributed by atoms with Gasteiger partial charge < -0.3 is 9.88 Å². The third-order valence-electron chi connectivity index (χ3n) is 4.35. The fourth-order valence-electron chi connectivity index (χ4n) is 3.30. The van der Waals surface area contributed by atoms with Crippen molar-refractivity contribution in [1.82, 2.24) is 24.7 Å². The SMILES string of the molecule is Cc1cc2ncnc(N3CCCC3Cn3ncccc3=O)c2[nH]1. The van der Waals surface area contributed by atoms with Crippen molar-refractivity contribution >= 4 is 16.9 Å². The van der Waals surface area contributed by atoms with Gasteiger partial charge in [-0.1, -0.05) is 0 Å². The van der Waals surface area contributed by atoms with Crippen molar-refractivity contribution in [2.24, 2.45) is 0 Å². The van der Waals surface area contributed by atoms with Crippen LogP contribution in [0.4, 0.5) is 5.82 Å². The second kappa shape index (κ2) is 5.49. The maximum Gasteiger partial charge on any atom is 0.266 e. The number of hydrogen-bond acceptors (Lipinski definition) is 5. The number of hydrogen-bond donors (Lipinski definition) is 1. The smallest absolute Gasteiger partial charge is 0.266 e. The summed E-state index contributed by atoms with van der Waals surface area (Å²) >= 11 is 0. The molecule has 118 valence electrons. The number of H-pyrrole nitrogens is 1. The summed E-state index contributed by atoms with van der Waals surface area (Å²) in [6.07, 6.45) is 5.36. The van der Waals surface area contributed by atoms with E-state index in [0.29, 0.717) is 6.54 Å². The molecule has 0 saturated carbocycles. The Morgan fingerprint density at radius 1 is 1.39 bits per heavy atom. The van der Waals surface area contributed by atoms with Crippen molar-refractivity contribution in [3.63, 3.8) is 0 Å². The molecule has 4 heterocycles. The van der Waals surface area contributed by atoms with Crippen LogP contribution in [0.25, 0.3) is 11.0 Å². The maximum absolute atomic E-state index is 11.9. The van der Waals surface area contributed by atoms with Crippen LogP contribution in [0.2, 0.25) is 0 Å². The molecule has 1 aliphatic heterocycles. The quantitative estimate of drug-likeness (QED) is 0.793.